The van der Waals surface area contributed by atoms with Crippen molar-refractivity contribution in [3.63, 3.8) is 0 Å². The van der Waals surface area contributed by atoms with Crippen LogP contribution in [0.15, 0.2) is 12.2 Å². The first-order chi connectivity index (χ1) is 11.6. The van der Waals surface area contributed by atoms with Crippen molar-refractivity contribution in [2.75, 3.05) is 0 Å². The molecule has 0 radical (unpaired) electrons. The third-order valence-corrected chi connectivity index (χ3v) is 5.41. The van der Waals surface area contributed by atoms with Crippen LogP contribution in [0, 0.1) is 23.2 Å². The van der Waals surface area contributed by atoms with Crippen molar-refractivity contribution in [3.05, 3.63) is 12.2 Å². The Morgan fingerprint density at radius 1 is 1.19 bits per heavy atom. The molecule has 0 saturated heterocycles. The van der Waals surface area contributed by atoms with Crippen LogP contribution in [0.5, 0.6) is 0 Å². The zero-order chi connectivity index (χ0) is 20.1. The maximum absolute atomic E-state index is 13.2. The highest BCUT2D eigenvalue weighted by Gasteiger charge is 2.75. The summed E-state index contributed by atoms with van der Waals surface area (Å²) in [5.41, 5.74) is -6.31. The molecular formula is C17H22F6O3. The Balaban J connectivity index is 2.35. The minimum atomic E-state index is -6.04. The lowest BCUT2D eigenvalue weighted by atomic mass is 9.77. The summed E-state index contributed by atoms with van der Waals surface area (Å²) >= 11 is 0. The van der Waals surface area contributed by atoms with Crippen LogP contribution >= 0.6 is 0 Å². The lowest BCUT2D eigenvalue weighted by Gasteiger charge is -2.40. The quantitative estimate of drug-likeness (QED) is 0.431. The van der Waals surface area contributed by atoms with Crippen molar-refractivity contribution < 1.29 is 41.0 Å². The van der Waals surface area contributed by atoms with E-state index in [1.807, 2.05) is 6.08 Å². The number of esters is 1. The Morgan fingerprint density at radius 3 is 2.08 bits per heavy atom. The molecule has 0 aromatic carbocycles. The van der Waals surface area contributed by atoms with Crippen molar-refractivity contribution in [1.29, 1.82) is 0 Å². The molecule has 0 aromatic rings. The predicted molar refractivity (Wildman–Crippen MR) is 79.9 cm³/mol. The van der Waals surface area contributed by atoms with Gasteiger partial charge in [0.25, 0.3) is 5.60 Å². The monoisotopic (exact) mass is 388 g/mol. The molecule has 4 atom stereocenters. The summed E-state index contributed by atoms with van der Waals surface area (Å²) in [4.78, 5) is 12.5. The maximum atomic E-state index is 13.2. The van der Waals surface area contributed by atoms with Crippen LogP contribution in [-0.2, 0) is 9.53 Å². The topological polar surface area (TPSA) is 46.5 Å². The van der Waals surface area contributed by atoms with E-state index in [-0.39, 0.29) is 11.8 Å². The second-order valence-corrected chi connectivity index (χ2v) is 7.89. The molecule has 1 fully saturated rings. The molecule has 2 rings (SSSR count). The van der Waals surface area contributed by atoms with Gasteiger partial charge in [0.15, 0.2) is 0 Å². The largest absolute Gasteiger partial charge is 0.458 e. The second-order valence-electron chi connectivity index (χ2n) is 7.89. The summed E-state index contributed by atoms with van der Waals surface area (Å²) < 4.78 is 84.0. The van der Waals surface area contributed by atoms with Gasteiger partial charge in [-0.1, -0.05) is 26.0 Å². The molecule has 3 nitrogen and oxygen atoms in total. The molecule has 0 aromatic heterocycles. The zero-order valence-corrected chi connectivity index (χ0v) is 14.6. The molecule has 4 unspecified atom stereocenters. The molecule has 26 heavy (non-hydrogen) atoms. The number of carbonyl (C=O) groups is 1. The molecule has 0 heterocycles. The highest BCUT2D eigenvalue weighted by atomic mass is 19.4. The molecule has 0 aliphatic heterocycles. The van der Waals surface area contributed by atoms with Crippen LogP contribution in [-0.4, -0.2) is 35.1 Å². The predicted octanol–water partition coefficient (Wildman–Crippen LogP) is 4.40. The molecule has 2 bridgehead atoms. The number of aliphatic hydroxyl groups is 1. The van der Waals surface area contributed by atoms with Gasteiger partial charge in [0, 0.05) is 0 Å². The molecule has 2 aliphatic carbocycles. The molecule has 1 saturated carbocycles. The van der Waals surface area contributed by atoms with Crippen LogP contribution in [0.3, 0.4) is 0 Å². The van der Waals surface area contributed by atoms with Crippen molar-refractivity contribution >= 4 is 5.97 Å². The van der Waals surface area contributed by atoms with Crippen LogP contribution in [0.4, 0.5) is 26.3 Å². The summed E-state index contributed by atoms with van der Waals surface area (Å²) in [7, 11) is 0. The minimum Gasteiger partial charge on any atom is -0.458 e. The van der Waals surface area contributed by atoms with E-state index in [0.29, 0.717) is 12.8 Å². The number of alkyl halides is 6. The summed E-state index contributed by atoms with van der Waals surface area (Å²) in [6, 6.07) is 0. The molecule has 0 spiro atoms. The van der Waals surface area contributed by atoms with Gasteiger partial charge < -0.3 is 9.84 Å². The van der Waals surface area contributed by atoms with Gasteiger partial charge in [-0.25, -0.2) is 0 Å². The highest BCUT2D eigenvalue weighted by molar-refractivity contribution is 5.78. The SMILES string of the molecule is CC(C)CC(OC(=O)C1(C)CC2C=CC1C2)C(O)(C(F)(F)F)C(F)(F)F. The van der Waals surface area contributed by atoms with E-state index in [9.17, 15) is 36.2 Å². The normalized spacial score (nSPS) is 30.1. The summed E-state index contributed by atoms with van der Waals surface area (Å²) in [6.07, 6.45) is -11.1. The lowest BCUT2D eigenvalue weighted by molar-refractivity contribution is -0.392. The van der Waals surface area contributed by atoms with E-state index < -0.39 is 47.8 Å². The van der Waals surface area contributed by atoms with E-state index in [1.54, 1.807) is 6.08 Å². The fraction of sp³-hybridized carbons (Fsp3) is 0.824. The number of halogens is 6. The minimum absolute atomic E-state index is 0.0604. The first kappa shape index (κ1) is 21.1. The lowest BCUT2D eigenvalue weighted by Crippen LogP contribution is -2.65. The van der Waals surface area contributed by atoms with E-state index in [4.69, 9.17) is 4.74 Å². The van der Waals surface area contributed by atoms with E-state index >= 15 is 0 Å². The summed E-state index contributed by atoms with van der Waals surface area (Å²) in [5, 5.41) is 9.66. The fourth-order valence-electron chi connectivity index (χ4n) is 3.85. The maximum Gasteiger partial charge on any atom is 0.430 e. The Hall–Kier alpha value is -1.25. The molecule has 150 valence electrons. The molecule has 0 amide bonds. The van der Waals surface area contributed by atoms with Gasteiger partial charge >= 0.3 is 18.3 Å². The van der Waals surface area contributed by atoms with Gasteiger partial charge in [0.2, 0.25) is 0 Å². The smallest absolute Gasteiger partial charge is 0.430 e. The van der Waals surface area contributed by atoms with Gasteiger partial charge in [-0.05, 0) is 43.9 Å². The zero-order valence-electron chi connectivity index (χ0n) is 14.6. The Labute approximate surface area is 147 Å². The molecule has 9 heteroatoms. The van der Waals surface area contributed by atoms with Gasteiger partial charge in [-0.3, -0.25) is 4.79 Å². The number of ether oxygens (including phenoxy) is 1. The number of hydrogen-bond acceptors (Lipinski definition) is 3. The molecule has 2 aliphatic rings. The van der Waals surface area contributed by atoms with Crippen molar-refractivity contribution in [2.24, 2.45) is 23.2 Å². The third-order valence-electron chi connectivity index (χ3n) is 5.41. The van der Waals surface area contributed by atoms with Crippen molar-refractivity contribution in [3.8, 4) is 0 Å². The van der Waals surface area contributed by atoms with Gasteiger partial charge in [0.05, 0.1) is 5.41 Å². The number of allylic oxidation sites excluding steroid dienone is 2. The summed E-state index contributed by atoms with van der Waals surface area (Å²) in [6.45, 7) is 4.25. The Kier molecular flexibility index (Phi) is 5.20. The van der Waals surface area contributed by atoms with Crippen LogP contribution in [0.2, 0.25) is 0 Å². The molecular weight excluding hydrogens is 366 g/mol. The Morgan fingerprint density at radius 2 is 1.73 bits per heavy atom. The Bertz CT molecular complexity index is 566. The number of hydrogen-bond donors (Lipinski definition) is 1. The van der Waals surface area contributed by atoms with Gasteiger partial charge in [-0.15, -0.1) is 0 Å². The van der Waals surface area contributed by atoms with Crippen molar-refractivity contribution in [2.45, 2.75) is 64.1 Å². The second kappa shape index (κ2) is 6.42. The van der Waals surface area contributed by atoms with Crippen LogP contribution in [0.1, 0.15) is 40.0 Å². The number of rotatable bonds is 5. The summed E-state index contributed by atoms with van der Waals surface area (Å²) in [5.74, 6) is -2.03. The van der Waals surface area contributed by atoms with Crippen LogP contribution < -0.4 is 0 Å². The van der Waals surface area contributed by atoms with E-state index in [2.05, 4.69) is 0 Å². The van der Waals surface area contributed by atoms with Crippen LogP contribution in [0.25, 0.3) is 0 Å². The van der Waals surface area contributed by atoms with Gasteiger partial charge in [0.1, 0.15) is 6.10 Å². The number of fused-ring (bicyclic) bond motifs is 2. The average molecular weight is 388 g/mol. The first-order valence-corrected chi connectivity index (χ1v) is 8.38. The van der Waals surface area contributed by atoms with Gasteiger partial charge in [-0.2, -0.15) is 26.3 Å². The van der Waals surface area contributed by atoms with Crippen molar-refractivity contribution in [1.82, 2.24) is 0 Å². The first-order valence-electron chi connectivity index (χ1n) is 8.38. The third kappa shape index (κ3) is 3.34. The fourth-order valence-corrected chi connectivity index (χ4v) is 3.85. The molecule has 1 N–H and O–H groups in total. The average Bonchev–Trinajstić information content (AvgIpc) is 3.03. The highest BCUT2D eigenvalue weighted by Crippen LogP contribution is 2.54. The standard InChI is InChI=1S/C17H22F6O3/c1-9(2)6-12(15(25,16(18,19)20)17(21,22)23)26-13(24)14(3)8-10-4-5-11(14)7-10/h4-5,9-12,25H,6-8H2,1-3H3. The van der Waals surface area contributed by atoms with E-state index in [1.165, 1.54) is 20.8 Å². The number of carbonyl (C=O) groups excluding carboxylic acids is 1. The van der Waals surface area contributed by atoms with E-state index in [0.717, 1.165) is 0 Å².